The molecule has 0 aliphatic heterocycles. The monoisotopic (exact) mass is 267 g/mol. The molecule has 0 saturated carbocycles. The highest BCUT2D eigenvalue weighted by atomic mass is 79.9. The summed E-state index contributed by atoms with van der Waals surface area (Å²) in [5.74, 6) is 1.08. The summed E-state index contributed by atoms with van der Waals surface area (Å²) in [4.78, 5) is 8.82. The molecule has 0 spiro atoms. The normalized spacial score (nSPS) is 12.3. The summed E-state index contributed by atoms with van der Waals surface area (Å²) in [6.45, 7) is 6.49. The maximum Gasteiger partial charge on any atom is 0.115 e. The largest absolute Gasteiger partial charge is 0.329 e. The Morgan fingerprint density at radius 1 is 1.27 bits per heavy atom. The Hall–Kier alpha value is -0.900. The number of hydrogen-bond acceptors (Lipinski definition) is 2. The van der Waals surface area contributed by atoms with Crippen molar-refractivity contribution in [3.05, 3.63) is 22.7 Å². The summed E-state index contributed by atoms with van der Waals surface area (Å²) in [5.41, 5.74) is 2.10. The summed E-state index contributed by atoms with van der Waals surface area (Å²) < 4.78 is 3.05. The van der Waals surface area contributed by atoms with Crippen LogP contribution < -0.4 is 0 Å². The smallest absolute Gasteiger partial charge is 0.115 e. The minimum atomic E-state index is 0.0488. The van der Waals surface area contributed by atoms with Crippen molar-refractivity contribution in [3.63, 3.8) is 0 Å². The van der Waals surface area contributed by atoms with Gasteiger partial charge >= 0.3 is 0 Å². The van der Waals surface area contributed by atoms with E-state index in [9.17, 15) is 0 Å². The van der Waals surface area contributed by atoms with Crippen molar-refractivity contribution in [2.24, 2.45) is 7.05 Å². The van der Waals surface area contributed by atoms with Crippen LogP contribution >= 0.6 is 15.9 Å². The fourth-order valence-electron chi connectivity index (χ4n) is 1.74. The Morgan fingerprint density at radius 3 is 2.47 bits per heavy atom. The maximum atomic E-state index is 4.66. The van der Waals surface area contributed by atoms with Crippen LogP contribution in [-0.4, -0.2) is 14.5 Å². The van der Waals surface area contributed by atoms with E-state index in [4.69, 9.17) is 0 Å². The molecule has 0 aliphatic carbocycles. The predicted octanol–water partition coefficient (Wildman–Crippen LogP) is 3.03. The number of halogens is 1. The van der Waals surface area contributed by atoms with Crippen LogP contribution in [0.3, 0.4) is 0 Å². The highest BCUT2D eigenvalue weighted by Gasteiger charge is 2.21. The summed E-state index contributed by atoms with van der Waals surface area (Å²) in [6, 6.07) is 0. The van der Waals surface area contributed by atoms with E-state index in [2.05, 4.69) is 51.2 Å². The van der Waals surface area contributed by atoms with Gasteiger partial charge in [0.15, 0.2) is 0 Å². The Kier molecular flexibility index (Phi) is 2.34. The van der Waals surface area contributed by atoms with Crippen LogP contribution in [0.15, 0.2) is 16.9 Å². The van der Waals surface area contributed by atoms with E-state index < -0.39 is 0 Å². The molecule has 4 heteroatoms. The van der Waals surface area contributed by atoms with Gasteiger partial charge in [-0.25, -0.2) is 4.98 Å². The predicted molar refractivity (Wildman–Crippen MR) is 64.9 cm³/mol. The molecular formula is C11H14BrN3. The number of fused-ring (bicyclic) bond motifs is 1. The second kappa shape index (κ2) is 3.30. The standard InChI is InChI=1S/C11H14BrN3/c1-11(2,3)10-14-9-7(12)5-13-6-8(9)15(10)4/h5-6H,1-4H3. The highest BCUT2D eigenvalue weighted by Crippen LogP contribution is 2.28. The van der Waals surface area contributed by atoms with Gasteiger partial charge in [-0.2, -0.15) is 0 Å². The van der Waals surface area contributed by atoms with Gasteiger partial charge < -0.3 is 4.57 Å². The van der Waals surface area contributed by atoms with Crippen molar-refractivity contribution < 1.29 is 0 Å². The Bertz CT molecular complexity index is 508. The van der Waals surface area contributed by atoms with Gasteiger partial charge in [-0.3, -0.25) is 4.98 Å². The van der Waals surface area contributed by atoms with Crippen molar-refractivity contribution in [3.8, 4) is 0 Å². The van der Waals surface area contributed by atoms with Crippen molar-refractivity contribution >= 4 is 27.0 Å². The average molecular weight is 268 g/mol. The zero-order valence-electron chi connectivity index (χ0n) is 9.37. The first-order chi connectivity index (χ1) is 6.91. The molecule has 0 radical (unpaired) electrons. The fourth-order valence-corrected chi connectivity index (χ4v) is 2.15. The third-order valence-electron chi connectivity index (χ3n) is 2.42. The minimum absolute atomic E-state index is 0.0488. The topological polar surface area (TPSA) is 30.7 Å². The summed E-state index contributed by atoms with van der Waals surface area (Å²) in [7, 11) is 2.03. The lowest BCUT2D eigenvalue weighted by Gasteiger charge is -2.17. The van der Waals surface area contributed by atoms with E-state index in [1.807, 2.05) is 13.2 Å². The molecule has 0 amide bonds. The average Bonchev–Trinajstić information content (AvgIpc) is 2.45. The molecule has 2 heterocycles. The third kappa shape index (κ3) is 1.67. The van der Waals surface area contributed by atoms with Gasteiger partial charge in [-0.15, -0.1) is 0 Å². The molecule has 2 aromatic rings. The number of imidazole rings is 1. The number of rotatable bonds is 0. The van der Waals surface area contributed by atoms with E-state index >= 15 is 0 Å². The Labute approximate surface area is 97.7 Å². The summed E-state index contributed by atoms with van der Waals surface area (Å²) >= 11 is 3.47. The lowest BCUT2D eigenvalue weighted by molar-refractivity contribution is 0.526. The summed E-state index contributed by atoms with van der Waals surface area (Å²) in [5, 5.41) is 0. The van der Waals surface area contributed by atoms with Crippen molar-refractivity contribution in [1.29, 1.82) is 0 Å². The molecule has 0 fully saturated rings. The van der Waals surface area contributed by atoms with E-state index in [0.29, 0.717) is 0 Å². The molecule has 0 aromatic carbocycles. The minimum Gasteiger partial charge on any atom is -0.329 e. The molecule has 2 rings (SSSR count). The van der Waals surface area contributed by atoms with Crippen LogP contribution in [0.4, 0.5) is 0 Å². The van der Waals surface area contributed by atoms with Crippen LogP contribution in [-0.2, 0) is 12.5 Å². The molecule has 0 aliphatic rings. The molecule has 0 saturated heterocycles. The van der Waals surface area contributed by atoms with Crippen molar-refractivity contribution in [2.45, 2.75) is 26.2 Å². The lowest BCUT2D eigenvalue weighted by atomic mass is 9.96. The SMILES string of the molecule is Cn1c(C(C)(C)C)nc2c(Br)cncc21. The molecule has 80 valence electrons. The fraction of sp³-hybridized carbons (Fsp3) is 0.455. The zero-order chi connectivity index (χ0) is 11.2. The van der Waals surface area contributed by atoms with Crippen molar-refractivity contribution in [1.82, 2.24) is 14.5 Å². The Morgan fingerprint density at radius 2 is 1.93 bits per heavy atom. The van der Waals surface area contributed by atoms with Gasteiger partial charge in [-0.1, -0.05) is 20.8 Å². The molecule has 0 bridgehead atoms. The number of nitrogens with zero attached hydrogens (tertiary/aromatic N) is 3. The van der Waals surface area contributed by atoms with Gasteiger partial charge in [0.2, 0.25) is 0 Å². The van der Waals surface area contributed by atoms with E-state index in [1.165, 1.54) is 0 Å². The maximum absolute atomic E-state index is 4.66. The van der Waals surface area contributed by atoms with E-state index in [-0.39, 0.29) is 5.41 Å². The number of aryl methyl sites for hydroxylation is 1. The van der Waals surface area contributed by atoms with Crippen LogP contribution in [0.5, 0.6) is 0 Å². The van der Waals surface area contributed by atoms with Gasteiger partial charge in [0.25, 0.3) is 0 Å². The van der Waals surface area contributed by atoms with Crippen LogP contribution in [0.2, 0.25) is 0 Å². The number of hydrogen-bond donors (Lipinski definition) is 0. The van der Waals surface area contributed by atoms with Gasteiger partial charge in [0.05, 0.1) is 16.2 Å². The first-order valence-electron chi connectivity index (χ1n) is 4.87. The molecule has 2 aromatic heterocycles. The lowest BCUT2D eigenvalue weighted by Crippen LogP contribution is -2.17. The Balaban J connectivity index is 2.81. The molecule has 15 heavy (non-hydrogen) atoms. The second-order valence-electron chi connectivity index (χ2n) is 4.73. The molecule has 3 nitrogen and oxygen atoms in total. The van der Waals surface area contributed by atoms with Crippen LogP contribution in [0, 0.1) is 0 Å². The van der Waals surface area contributed by atoms with Gasteiger partial charge in [-0.05, 0) is 15.9 Å². The number of pyridine rings is 1. The second-order valence-corrected chi connectivity index (χ2v) is 5.59. The highest BCUT2D eigenvalue weighted by molar-refractivity contribution is 9.10. The first-order valence-corrected chi connectivity index (χ1v) is 5.67. The van der Waals surface area contributed by atoms with Gasteiger partial charge in [0, 0.05) is 18.7 Å². The zero-order valence-corrected chi connectivity index (χ0v) is 11.0. The first kappa shape index (κ1) is 10.6. The molecule has 0 atom stereocenters. The molecule has 0 unspecified atom stereocenters. The van der Waals surface area contributed by atoms with E-state index in [0.717, 1.165) is 21.3 Å². The molecule has 0 N–H and O–H groups in total. The third-order valence-corrected chi connectivity index (χ3v) is 3.00. The summed E-state index contributed by atoms with van der Waals surface area (Å²) in [6.07, 6.45) is 3.63. The van der Waals surface area contributed by atoms with Gasteiger partial charge in [0.1, 0.15) is 11.3 Å². The van der Waals surface area contributed by atoms with E-state index in [1.54, 1.807) is 6.20 Å². The van der Waals surface area contributed by atoms with Crippen molar-refractivity contribution in [2.75, 3.05) is 0 Å². The number of aromatic nitrogens is 3. The van der Waals surface area contributed by atoms with Crippen LogP contribution in [0.25, 0.3) is 11.0 Å². The quantitative estimate of drug-likeness (QED) is 0.735. The molecular weight excluding hydrogens is 254 g/mol. The van der Waals surface area contributed by atoms with Crippen LogP contribution in [0.1, 0.15) is 26.6 Å².